The Labute approximate surface area is 290 Å². The zero-order valence-electron chi connectivity index (χ0n) is 28.7. The number of anilines is 1. The van der Waals surface area contributed by atoms with E-state index in [1.165, 1.54) is 16.8 Å². The number of nitrogens with one attached hydrogen (secondary N) is 2. The van der Waals surface area contributed by atoms with Crippen molar-refractivity contribution >= 4 is 42.0 Å². The number of carbonyl (C=O) groups excluding carboxylic acids is 2. The third-order valence-electron chi connectivity index (χ3n) is 10.2. The number of aromatic nitrogens is 3. The van der Waals surface area contributed by atoms with Gasteiger partial charge in [0.1, 0.15) is 28.6 Å². The predicted octanol–water partition coefficient (Wildman–Crippen LogP) is 5.25. The van der Waals surface area contributed by atoms with E-state index in [1.807, 2.05) is 41.3 Å². The van der Waals surface area contributed by atoms with Crippen molar-refractivity contribution in [2.45, 2.75) is 63.6 Å². The molecule has 1 aliphatic heterocycles. The molecule has 2 fully saturated rings. The van der Waals surface area contributed by atoms with Gasteiger partial charge >= 0.3 is 0 Å². The standard InChI is InChI=1S/C38H40F2N6O3Si/c1-36(2,3)50(27-12-8-6-9-13-27,28-14-10-7-11-15-28)49-37(4,5)35(48)44-43-34(47)29-24-41-46-21-19-32(42-33(29)46)45-20-18-25-23-38(25,45)30-22-26(39)16-17-31(30)40/h6-17,19,21-22,24-25H,18,20,23H2,1-5H3,(H,43,47)(H,44,48)/t25?,38-/m1/s1. The molecule has 1 aliphatic carbocycles. The first-order valence-corrected chi connectivity index (χ1v) is 18.7. The van der Waals surface area contributed by atoms with Crippen molar-refractivity contribution in [2.75, 3.05) is 11.4 Å². The fourth-order valence-electron chi connectivity index (χ4n) is 7.68. The molecule has 2 aromatic heterocycles. The smallest absolute Gasteiger partial charge is 0.275 e. The summed E-state index contributed by atoms with van der Waals surface area (Å²) in [6, 6.07) is 25.3. The molecule has 12 heteroatoms. The monoisotopic (exact) mass is 694 g/mol. The maximum atomic E-state index is 15.0. The highest BCUT2D eigenvalue weighted by atomic mass is 28.4. The maximum Gasteiger partial charge on any atom is 0.275 e. The highest BCUT2D eigenvalue weighted by Gasteiger charge is 2.64. The van der Waals surface area contributed by atoms with Crippen LogP contribution in [0, 0.1) is 17.6 Å². The highest BCUT2D eigenvalue weighted by molar-refractivity contribution is 6.99. The molecular formula is C38H40F2N6O3Si. The van der Waals surface area contributed by atoms with Crippen molar-refractivity contribution in [3.05, 3.63) is 120 Å². The van der Waals surface area contributed by atoms with Gasteiger partial charge in [-0.15, -0.1) is 0 Å². The molecule has 2 aliphatic rings. The molecule has 2 N–H and O–H groups in total. The van der Waals surface area contributed by atoms with E-state index >= 15 is 0 Å². The van der Waals surface area contributed by atoms with Gasteiger partial charge in [0.2, 0.25) is 0 Å². The number of hydrogen-bond donors (Lipinski definition) is 2. The molecule has 7 rings (SSSR count). The summed E-state index contributed by atoms with van der Waals surface area (Å²) in [6.07, 6.45) is 4.56. The molecule has 0 bridgehead atoms. The number of fused-ring (bicyclic) bond motifs is 2. The minimum Gasteiger partial charge on any atom is -0.393 e. The third-order valence-corrected chi connectivity index (χ3v) is 15.4. The summed E-state index contributed by atoms with van der Waals surface area (Å²) in [5, 5.41) is 5.97. The van der Waals surface area contributed by atoms with Crippen molar-refractivity contribution in [1.82, 2.24) is 25.4 Å². The van der Waals surface area contributed by atoms with E-state index in [0.717, 1.165) is 28.9 Å². The lowest BCUT2D eigenvalue weighted by atomic mass is 10.0. The van der Waals surface area contributed by atoms with Gasteiger partial charge in [0.15, 0.2) is 5.65 Å². The lowest BCUT2D eigenvalue weighted by Gasteiger charge is -2.47. The number of halogens is 2. The Morgan fingerprint density at radius 1 is 0.920 bits per heavy atom. The number of piperidine rings is 1. The summed E-state index contributed by atoms with van der Waals surface area (Å²) in [6.45, 7) is 10.4. The first kappa shape index (κ1) is 33.5. The molecule has 3 aromatic carbocycles. The summed E-state index contributed by atoms with van der Waals surface area (Å²) in [4.78, 5) is 34.2. The van der Waals surface area contributed by atoms with Crippen LogP contribution in [0.2, 0.25) is 5.04 Å². The molecule has 1 unspecified atom stereocenters. The summed E-state index contributed by atoms with van der Waals surface area (Å²) in [5.74, 6) is -1.39. The first-order valence-electron chi connectivity index (χ1n) is 16.8. The van der Waals surface area contributed by atoms with Crippen LogP contribution in [0.25, 0.3) is 5.65 Å². The van der Waals surface area contributed by atoms with Gasteiger partial charge in [-0.1, -0.05) is 81.4 Å². The minimum atomic E-state index is -3.10. The van der Waals surface area contributed by atoms with Gasteiger partial charge in [0, 0.05) is 18.3 Å². The second-order valence-corrected chi connectivity index (χ2v) is 18.9. The van der Waals surface area contributed by atoms with Gasteiger partial charge in [0.25, 0.3) is 20.1 Å². The van der Waals surface area contributed by atoms with Crippen LogP contribution in [0.5, 0.6) is 0 Å². The minimum absolute atomic E-state index is 0.135. The fraction of sp³-hybridized carbons (Fsp3) is 0.316. The number of carbonyl (C=O) groups is 2. The molecule has 9 nitrogen and oxygen atoms in total. The van der Waals surface area contributed by atoms with E-state index in [1.54, 1.807) is 26.1 Å². The lowest BCUT2D eigenvalue weighted by Crippen LogP contribution is -2.70. The SMILES string of the molecule is CC(C)(O[Si](c1ccccc1)(c1ccccc1)C(C)(C)C)C(=O)NNC(=O)c1cnn2ccc(N3CCC4C[C@]43c3cc(F)ccc3F)nc12. The van der Waals surface area contributed by atoms with Crippen molar-refractivity contribution in [3.8, 4) is 0 Å². The molecular weight excluding hydrogens is 655 g/mol. The maximum absolute atomic E-state index is 15.0. The van der Waals surface area contributed by atoms with Crippen LogP contribution >= 0.6 is 0 Å². The molecule has 2 amide bonds. The van der Waals surface area contributed by atoms with Gasteiger partial charge < -0.3 is 9.33 Å². The van der Waals surface area contributed by atoms with Gasteiger partial charge in [-0.25, -0.2) is 18.3 Å². The number of nitrogens with zero attached hydrogens (tertiary/aromatic N) is 4. The summed E-state index contributed by atoms with van der Waals surface area (Å²) in [7, 11) is -3.10. The summed E-state index contributed by atoms with van der Waals surface area (Å²) >= 11 is 0. The summed E-state index contributed by atoms with van der Waals surface area (Å²) in [5.41, 5.74) is 3.78. The Morgan fingerprint density at radius 2 is 1.58 bits per heavy atom. The predicted molar refractivity (Wildman–Crippen MR) is 189 cm³/mol. The Balaban J connectivity index is 1.13. The number of amides is 2. The molecule has 0 radical (unpaired) electrons. The van der Waals surface area contributed by atoms with Crippen LogP contribution in [0.1, 0.15) is 63.4 Å². The lowest BCUT2D eigenvalue weighted by molar-refractivity contribution is -0.135. The van der Waals surface area contributed by atoms with Crippen molar-refractivity contribution < 1.29 is 22.8 Å². The summed E-state index contributed by atoms with van der Waals surface area (Å²) < 4.78 is 37.7. The molecule has 0 spiro atoms. The van der Waals surface area contributed by atoms with Crippen LogP contribution in [-0.4, -0.2) is 46.9 Å². The van der Waals surface area contributed by atoms with E-state index in [-0.39, 0.29) is 22.2 Å². The van der Waals surface area contributed by atoms with E-state index in [0.29, 0.717) is 24.3 Å². The van der Waals surface area contributed by atoms with Crippen LogP contribution < -0.4 is 26.1 Å². The van der Waals surface area contributed by atoms with Crippen LogP contribution in [0.15, 0.2) is 97.3 Å². The van der Waals surface area contributed by atoms with Gasteiger partial charge in [-0.2, -0.15) is 5.10 Å². The Bertz CT molecular complexity index is 2050. The normalized spacial score (nSPS) is 18.9. The van der Waals surface area contributed by atoms with Gasteiger partial charge in [-0.05, 0) is 72.3 Å². The Kier molecular flexibility index (Phi) is 8.14. The zero-order chi connectivity index (χ0) is 35.5. The highest BCUT2D eigenvalue weighted by Crippen LogP contribution is 2.63. The van der Waals surface area contributed by atoms with Crippen molar-refractivity contribution in [3.63, 3.8) is 0 Å². The van der Waals surface area contributed by atoms with Crippen molar-refractivity contribution in [2.24, 2.45) is 5.92 Å². The van der Waals surface area contributed by atoms with Gasteiger partial charge in [-0.3, -0.25) is 20.4 Å². The Hall–Kier alpha value is -4.94. The van der Waals surface area contributed by atoms with E-state index in [4.69, 9.17) is 9.41 Å². The fourth-order valence-corrected chi connectivity index (χ4v) is 12.5. The molecule has 1 saturated heterocycles. The van der Waals surface area contributed by atoms with Crippen LogP contribution in [-0.2, 0) is 14.8 Å². The molecule has 1 saturated carbocycles. The molecule has 50 heavy (non-hydrogen) atoms. The van der Waals surface area contributed by atoms with Gasteiger partial charge in [0.05, 0.1) is 11.7 Å². The molecule has 3 heterocycles. The average molecular weight is 695 g/mol. The zero-order valence-corrected chi connectivity index (χ0v) is 29.7. The largest absolute Gasteiger partial charge is 0.393 e. The molecule has 5 aromatic rings. The van der Waals surface area contributed by atoms with E-state index in [9.17, 15) is 18.4 Å². The van der Waals surface area contributed by atoms with E-state index in [2.05, 4.69) is 61.0 Å². The first-order chi connectivity index (χ1) is 23.8. The second-order valence-electron chi connectivity index (χ2n) is 14.7. The second kappa shape index (κ2) is 12.1. The number of benzene rings is 3. The number of rotatable bonds is 8. The average Bonchev–Trinajstić information content (AvgIpc) is 3.46. The third kappa shape index (κ3) is 5.46. The Morgan fingerprint density at radius 3 is 2.20 bits per heavy atom. The van der Waals surface area contributed by atoms with Crippen LogP contribution in [0.3, 0.4) is 0 Å². The molecule has 258 valence electrons. The number of hydrazine groups is 1. The van der Waals surface area contributed by atoms with Crippen LogP contribution in [0.4, 0.5) is 14.6 Å². The topological polar surface area (TPSA) is 101 Å². The quantitative estimate of drug-likeness (QED) is 0.170. The molecule has 2 atom stereocenters. The number of hydrogen-bond acceptors (Lipinski definition) is 6. The van der Waals surface area contributed by atoms with Crippen molar-refractivity contribution in [1.29, 1.82) is 0 Å². The van der Waals surface area contributed by atoms with E-state index < -0.39 is 42.9 Å².